The van der Waals surface area contributed by atoms with Crippen LogP contribution in [0.25, 0.3) is 0 Å². The first-order chi connectivity index (χ1) is 13.9. The van der Waals surface area contributed by atoms with E-state index in [1.807, 2.05) is 0 Å². The second-order valence-electron chi connectivity index (χ2n) is 6.15. The first-order valence-electron chi connectivity index (χ1n) is 9.88. The molecule has 1 atom stereocenters. The molecule has 0 aromatic heterocycles. The van der Waals surface area contributed by atoms with Gasteiger partial charge in [0.2, 0.25) is 6.79 Å². The van der Waals surface area contributed by atoms with Gasteiger partial charge in [-0.15, -0.1) is 0 Å². The summed E-state index contributed by atoms with van der Waals surface area (Å²) in [4.78, 5) is 45.1. The fourth-order valence-electron chi connectivity index (χ4n) is 2.38. The Morgan fingerprint density at radius 1 is 0.724 bits per heavy atom. The smallest absolute Gasteiger partial charge is 0.481 e. The highest BCUT2D eigenvalue weighted by Gasteiger charge is 2.23. The molecule has 0 aromatic carbocycles. The zero-order valence-electron chi connectivity index (χ0n) is 17.2. The van der Waals surface area contributed by atoms with E-state index in [1.165, 1.54) is 0 Å². The van der Waals surface area contributed by atoms with E-state index in [0.29, 0.717) is 19.3 Å². The number of carbonyl (C=O) groups is 4. The summed E-state index contributed by atoms with van der Waals surface area (Å²) in [6.45, 7) is 2.76. The molecule has 0 saturated heterocycles. The van der Waals surface area contributed by atoms with Crippen LogP contribution >= 0.6 is 0 Å². The lowest BCUT2D eigenvalue weighted by Crippen LogP contribution is -2.26. The molecule has 0 fully saturated rings. The van der Waals surface area contributed by atoms with Crippen molar-refractivity contribution in [2.45, 2.75) is 65.2 Å². The number of hydrogen-bond donors (Lipinski definition) is 1. The molecule has 0 amide bonds. The molecule has 0 aliphatic carbocycles. The van der Waals surface area contributed by atoms with E-state index in [0.717, 1.165) is 25.7 Å². The SMILES string of the molecule is CCOC(=O)OCOC(=O)C(CCCCCCCCC(=O)O)COC(=O)OCC. The molecule has 0 spiro atoms. The summed E-state index contributed by atoms with van der Waals surface area (Å²) in [5.41, 5.74) is 0. The zero-order valence-corrected chi connectivity index (χ0v) is 17.2. The Labute approximate surface area is 170 Å². The highest BCUT2D eigenvalue weighted by molar-refractivity contribution is 5.73. The van der Waals surface area contributed by atoms with Crippen LogP contribution in [0.15, 0.2) is 0 Å². The molecule has 0 heterocycles. The molecule has 29 heavy (non-hydrogen) atoms. The summed E-state index contributed by atoms with van der Waals surface area (Å²) in [7, 11) is 0. The van der Waals surface area contributed by atoms with Crippen molar-refractivity contribution >= 4 is 24.2 Å². The van der Waals surface area contributed by atoms with Crippen LogP contribution in [0.1, 0.15) is 65.2 Å². The van der Waals surface area contributed by atoms with Crippen LogP contribution in [0.2, 0.25) is 0 Å². The fraction of sp³-hybridized carbons (Fsp3) is 0.789. The Hall–Kier alpha value is -2.52. The number of carbonyl (C=O) groups excluding carboxylic acids is 3. The molecule has 0 aliphatic rings. The van der Waals surface area contributed by atoms with Crippen molar-refractivity contribution < 1.29 is 48.0 Å². The van der Waals surface area contributed by atoms with E-state index >= 15 is 0 Å². The van der Waals surface area contributed by atoms with Crippen LogP contribution in [0.5, 0.6) is 0 Å². The number of carboxylic acid groups (broad SMARTS) is 1. The zero-order chi connectivity index (χ0) is 21.9. The highest BCUT2D eigenvalue weighted by atomic mass is 16.8. The lowest BCUT2D eigenvalue weighted by Gasteiger charge is -2.16. The molecule has 10 heteroatoms. The summed E-state index contributed by atoms with van der Waals surface area (Å²) >= 11 is 0. The van der Waals surface area contributed by atoms with Gasteiger partial charge in [0.25, 0.3) is 0 Å². The van der Waals surface area contributed by atoms with Gasteiger partial charge < -0.3 is 28.8 Å². The third-order valence-corrected chi connectivity index (χ3v) is 3.83. The lowest BCUT2D eigenvalue weighted by molar-refractivity contribution is -0.160. The van der Waals surface area contributed by atoms with Gasteiger partial charge in [-0.25, -0.2) is 9.59 Å². The lowest BCUT2D eigenvalue weighted by atomic mass is 10.0. The Morgan fingerprint density at radius 2 is 1.28 bits per heavy atom. The summed E-state index contributed by atoms with van der Waals surface area (Å²) in [5.74, 6) is -2.16. The number of rotatable bonds is 16. The van der Waals surface area contributed by atoms with Crippen LogP contribution in [0.4, 0.5) is 9.59 Å². The Kier molecular flexibility index (Phi) is 16.0. The molecular weight excluding hydrogens is 388 g/mol. The van der Waals surface area contributed by atoms with Gasteiger partial charge in [-0.05, 0) is 26.7 Å². The average Bonchev–Trinajstić information content (AvgIpc) is 2.66. The van der Waals surface area contributed by atoms with Crippen molar-refractivity contribution in [1.82, 2.24) is 0 Å². The number of esters is 1. The van der Waals surface area contributed by atoms with Gasteiger partial charge in [-0.3, -0.25) is 9.59 Å². The molecule has 0 bridgehead atoms. The topological polar surface area (TPSA) is 135 Å². The minimum Gasteiger partial charge on any atom is -0.481 e. The predicted octanol–water partition coefficient (Wildman–Crippen LogP) is 3.65. The summed E-state index contributed by atoms with van der Waals surface area (Å²) in [5, 5.41) is 8.59. The molecule has 168 valence electrons. The number of aliphatic carboxylic acids is 1. The van der Waals surface area contributed by atoms with E-state index in [2.05, 4.69) is 14.2 Å². The van der Waals surface area contributed by atoms with Crippen molar-refractivity contribution in [2.24, 2.45) is 5.92 Å². The van der Waals surface area contributed by atoms with Crippen LogP contribution in [0.3, 0.4) is 0 Å². The van der Waals surface area contributed by atoms with E-state index in [-0.39, 0.29) is 26.2 Å². The van der Waals surface area contributed by atoms with Crippen LogP contribution in [-0.2, 0) is 33.3 Å². The molecule has 0 rings (SSSR count). The maximum Gasteiger partial charge on any atom is 0.511 e. The van der Waals surface area contributed by atoms with E-state index in [1.54, 1.807) is 13.8 Å². The van der Waals surface area contributed by atoms with Crippen molar-refractivity contribution in [2.75, 3.05) is 26.6 Å². The molecule has 10 nitrogen and oxygen atoms in total. The third kappa shape index (κ3) is 16.2. The molecule has 0 saturated carbocycles. The van der Waals surface area contributed by atoms with Gasteiger partial charge in [0.15, 0.2) is 0 Å². The summed E-state index contributed by atoms with van der Waals surface area (Å²) in [6, 6.07) is 0. The Bertz CT molecular complexity index is 491. The second-order valence-corrected chi connectivity index (χ2v) is 6.15. The quantitative estimate of drug-likeness (QED) is 0.170. The highest BCUT2D eigenvalue weighted by Crippen LogP contribution is 2.15. The predicted molar refractivity (Wildman–Crippen MR) is 100 cm³/mol. The van der Waals surface area contributed by atoms with Crippen molar-refractivity contribution in [3.63, 3.8) is 0 Å². The van der Waals surface area contributed by atoms with E-state index in [9.17, 15) is 19.2 Å². The number of ether oxygens (including phenoxy) is 5. The minimum absolute atomic E-state index is 0.138. The van der Waals surface area contributed by atoms with Gasteiger partial charge in [-0.2, -0.15) is 0 Å². The van der Waals surface area contributed by atoms with Crippen molar-refractivity contribution in [1.29, 1.82) is 0 Å². The van der Waals surface area contributed by atoms with Crippen LogP contribution in [0, 0.1) is 5.92 Å². The molecule has 0 aromatic rings. The second kappa shape index (κ2) is 17.6. The maximum absolute atomic E-state index is 12.2. The van der Waals surface area contributed by atoms with E-state index in [4.69, 9.17) is 14.6 Å². The monoisotopic (exact) mass is 420 g/mol. The van der Waals surface area contributed by atoms with Gasteiger partial charge in [0, 0.05) is 6.42 Å². The third-order valence-electron chi connectivity index (χ3n) is 3.83. The normalized spacial score (nSPS) is 11.2. The minimum atomic E-state index is -0.942. The Morgan fingerprint density at radius 3 is 1.86 bits per heavy atom. The van der Waals surface area contributed by atoms with Crippen LogP contribution < -0.4 is 0 Å². The van der Waals surface area contributed by atoms with Gasteiger partial charge in [0.05, 0.1) is 19.1 Å². The van der Waals surface area contributed by atoms with Gasteiger partial charge >= 0.3 is 24.2 Å². The molecule has 1 unspecified atom stereocenters. The molecule has 0 aliphatic heterocycles. The molecular formula is C19H32O10. The van der Waals surface area contributed by atoms with E-state index < -0.39 is 37.0 Å². The van der Waals surface area contributed by atoms with Crippen molar-refractivity contribution in [3.8, 4) is 0 Å². The maximum atomic E-state index is 12.2. The molecule has 1 N–H and O–H groups in total. The summed E-state index contributed by atoms with van der Waals surface area (Å²) < 4.78 is 23.6. The summed E-state index contributed by atoms with van der Waals surface area (Å²) in [6.07, 6.45) is 3.64. The van der Waals surface area contributed by atoms with Crippen molar-refractivity contribution in [3.05, 3.63) is 0 Å². The Balaban J connectivity index is 4.24. The largest absolute Gasteiger partial charge is 0.511 e. The first-order valence-corrected chi connectivity index (χ1v) is 9.88. The number of unbranched alkanes of at least 4 members (excludes halogenated alkanes) is 5. The average molecular weight is 420 g/mol. The van der Waals surface area contributed by atoms with Crippen LogP contribution in [-0.4, -0.2) is 56.0 Å². The van der Waals surface area contributed by atoms with Gasteiger partial charge in [0.1, 0.15) is 6.61 Å². The standard InChI is InChI=1S/C19H32O10/c1-3-25-18(23)27-13-15(17(22)28-14-29-19(24)26-4-2)11-9-7-5-6-8-10-12-16(20)21/h15H,3-14H2,1-2H3,(H,20,21). The first kappa shape index (κ1) is 26.5. The number of carboxylic acids is 1. The van der Waals surface area contributed by atoms with Gasteiger partial charge in [-0.1, -0.05) is 32.1 Å². The molecule has 0 radical (unpaired) electrons. The number of hydrogen-bond acceptors (Lipinski definition) is 9. The fourth-order valence-corrected chi connectivity index (χ4v) is 2.38.